The van der Waals surface area contributed by atoms with Crippen LogP contribution in [0.3, 0.4) is 0 Å². The van der Waals surface area contributed by atoms with Crippen molar-refractivity contribution in [1.82, 2.24) is 14.5 Å². The molecule has 0 aliphatic heterocycles. The van der Waals surface area contributed by atoms with Crippen molar-refractivity contribution in [3.63, 3.8) is 0 Å². The van der Waals surface area contributed by atoms with Gasteiger partial charge in [-0.05, 0) is 37.3 Å². The van der Waals surface area contributed by atoms with Gasteiger partial charge in [0.1, 0.15) is 17.5 Å². The van der Waals surface area contributed by atoms with Crippen molar-refractivity contribution in [3.05, 3.63) is 63.9 Å². The van der Waals surface area contributed by atoms with Crippen molar-refractivity contribution >= 4 is 27.0 Å². The fraction of sp³-hybridized carbons (Fsp3) is 0.316. The molecule has 3 aromatic rings. The molecule has 3 rings (SSSR count). The smallest absolute Gasteiger partial charge is 0.127 e. The summed E-state index contributed by atoms with van der Waals surface area (Å²) in [5.74, 6) is 0.146. The lowest BCUT2D eigenvalue weighted by Gasteiger charge is -2.22. The predicted octanol–water partition coefficient (Wildman–Crippen LogP) is 4.09. The van der Waals surface area contributed by atoms with E-state index >= 15 is 0 Å². The highest BCUT2D eigenvalue weighted by atomic mass is 79.9. The molecule has 0 aliphatic carbocycles. The molecule has 0 spiro atoms. The van der Waals surface area contributed by atoms with Gasteiger partial charge in [0.05, 0.1) is 24.2 Å². The van der Waals surface area contributed by atoms with Gasteiger partial charge in [-0.3, -0.25) is 4.90 Å². The topological polar surface area (TPSA) is 41.3 Å². The van der Waals surface area contributed by atoms with E-state index in [4.69, 9.17) is 0 Å². The van der Waals surface area contributed by atoms with Crippen molar-refractivity contribution in [2.75, 3.05) is 13.2 Å². The van der Waals surface area contributed by atoms with Crippen LogP contribution in [0.4, 0.5) is 8.78 Å². The van der Waals surface area contributed by atoms with E-state index in [-0.39, 0.29) is 18.2 Å². The highest BCUT2D eigenvalue weighted by Crippen LogP contribution is 2.21. The molecule has 0 saturated carbocycles. The van der Waals surface area contributed by atoms with Gasteiger partial charge in [0, 0.05) is 35.7 Å². The van der Waals surface area contributed by atoms with Crippen LogP contribution in [0.2, 0.25) is 0 Å². The third-order valence-electron chi connectivity index (χ3n) is 4.29. The van der Waals surface area contributed by atoms with Crippen molar-refractivity contribution in [2.45, 2.75) is 26.6 Å². The quantitative estimate of drug-likeness (QED) is 0.621. The molecule has 0 unspecified atom stereocenters. The maximum atomic E-state index is 14.1. The summed E-state index contributed by atoms with van der Waals surface area (Å²) in [5, 5.41) is 9.40. The van der Waals surface area contributed by atoms with Crippen LogP contribution in [0, 0.1) is 11.6 Å². The standard InChI is InChI=1S/C19H20BrF2N3O/c1-2-25-18-6-4-15(21)10-17(18)23-19(25)12-24(7-8-26)11-13-9-14(20)3-5-16(13)22/h3-6,9-10,26H,2,7-8,11-12H2,1H3. The summed E-state index contributed by atoms with van der Waals surface area (Å²) < 4.78 is 30.4. The summed E-state index contributed by atoms with van der Waals surface area (Å²) in [6.45, 7) is 3.79. The summed E-state index contributed by atoms with van der Waals surface area (Å²) in [6.07, 6.45) is 0. The van der Waals surface area contributed by atoms with Gasteiger partial charge in [-0.2, -0.15) is 0 Å². The van der Waals surface area contributed by atoms with Crippen molar-refractivity contribution < 1.29 is 13.9 Å². The molecule has 1 heterocycles. The summed E-state index contributed by atoms with van der Waals surface area (Å²) in [7, 11) is 0. The van der Waals surface area contributed by atoms with Crippen LogP contribution < -0.4 is 0 Å². The van der Waals surface area contributed by atoms with Crippen molar-refractivity contribution in [1.29, 1.82) is 0 Å². The Balaban J connectivity index is 1.90. The molecule has 0 saturated heterocycles. The molecule has 4 nitrogen and oxygen atoms in total. The summed E-state index contributed by atoms with van der Waals surface area (Å²) in [5.41, 5.74) is 2.00. The normalized spacial score (nSPS) is 11.6. The number of aliphatic hydroxyl groups is 1. The summed E-state index contributed by atoms with van der Waals surface area (Å²) in [4.78, 5) is 6.47. The maximum absolute atomic E-state index is 14.1. The van der Waals surface area contributed by atoms with Crippen LogP contribution in [0.25, 0.3) is 11.0 Å². The Labute approximate surface area is 159 Å². The van der Waals surface area contributed by atoms with E-state index in [1.807, 2.05) is 16.4 Å². The van der Waals surface area contributed by atoms with Crippen LogP contribution >= 0.6 is 15.9 Å². The number of benzene rings is 2. The molecule has 7 heteroatoms. The van der Waals surface area contributed by atoms with E-state index in [1.165, 1.54) is 18.2 Å². The molecule has 138 valence electrons. The zero-order valence-electron chi connectivity index (χ0n) is 14.4. The number of imidazole rings is 1. The van der Waals surface area contributed by atoms with Gasteiger partial charge in [-0.15, -0.1) is 0 Å². The zero-order chi connectivity index (χ0) is 18.7. The molecule has 0 aliphatic rings. The van der Waals surface area contributed by atoms with Crippen LogP contribution in [-0.2, 0) is 19.6 Å². The predicted molar refractivity (Wildman–Crippen MR) is 101 cm³/mol. The van der Waals surface area contributed by atoms with Gasteiger partial charge in [0.15, 0.2) is 0 Å². The second kappa shape index (κ2) is 8.24. The monoisotopic (exact) mass is 423 g/mol. The average Bonchev–Trinajstić information content (AvgIpc) is 2.94. The third-order valence-corrected chi connectivity index (χ3v) is 4.78. The highest BCUT2D eigenvalue weighted by molar-refractivity contribution is 9.10. The second-order valence-corrected chi connectivity index (χ2v) is 6.99. The largest absolute Gasteiger partial charge is 0.395 e. The Hall–Kier alpha value is -1.83. The van der Waals surface area contributed by atoms with E-state index < -0.39 is 0 Å². The first-order valence-corrected chi connectivity index (χ1v) is 9.23. The molecular formula is C19H20BrF2N3O. The van der Waals surface area contributed by atoms with E-state index in [1.54, 1.807) is 18.2 Å². The van der Waals surface area contributed by atoms with E-state index in [2.05, 4.69) is 20.9 Å². The molecule has 0 fully saturated rings. The minimum absolute atomic E-state index is 0.0450. The van der Waals surface area contributed by atoms with Gasteiger partial charge in [0.25, 0.3) is 0 Å². The Morgan fingerprint density at radius 2 is 1.96 bits per heavy atom. The number of nitrogens with zero attached hydrogens (tertiary/aromatic N) is 3. The van der Waals surface area contributed by atoms with E-state index in [0.29, 0.717) is 37.3 Å². The summed E-state index contributed by atoms with van der Waals surface area (Å²) in [6, 6.07) is 9.35. The Morgan fingerprint density at radius 3 is 2.69 bits per heavy atom. The Kier molecular flexibility index (Phi) is 6.01. The number of fused-ring (bicyclic) bond motifs is 1. The molecule has 2 aromatic carbocycles. The molecule has 1 N–H and O–H groups in total. The number of aryl methyl sites for hydroxylation is 1. The lowest BCUT2D eigenvalue weighted by molar-refractivity contribution is 0.178. The maximum Gasteiger partial charge on any atom is 0.127 e. The van der Waals surface area contributed by atoms with Gasteiger partial charge >= 0.3 is 0 Å². The number of aliphatic hydroxyl groups excluding tert-OH is 1. The highest BCUT2D eigenvalue weighted by Gasteiger charge is 2.16. The molecular weight excluding hydrogens is 404 g/mol. The fourth-order valence-electron chi connectivity index (χ4n) is 3.09. The molecule has 0 radical (unpaired) electrons. The molecule has 0 amide bonds. The molecule has 0 bridgehead atoms. The molecule has 1 aromatic heterocycles. The van der Waals surface area contributed by atoms with Crippen LogP contribution in [-0.4, -0.2) is 32.7 Å². The molecule has 26 heavy (non-hydrogen) atoms. The van der Waals surface area contributed by atoms with Crippen LogP contribution in [0.15, 0.2) is 40.9 Å². The Bertz CT molecular complexity index is 913. The van der Waals surface area contributed by atoms with E-state index in [0.717, 1.165) is 15.8 Å². The van der Waals surface area contributed by atoms with Gasteiger partial charge < -0.3 is 9.67 Å². The number of aromatic nitrogens is 2. The third kappa shape index (κ3) is 4.11. The Morgan fingerprint density at radius 1 is 1.15 bits per heavy atom. The van der Waals surface area contributed by atoms with Crippen LogP contribution in [0.5, 0.6) is 0 Å². The first kappa shape index (κ1) is 18.9. The first-order chi connectivity index (χ1) is 12.5. The van der Waals surface area contributed by atoms with E-state index in [9.17, 15) is 13.9 Å². The van der Waals surface area contributed by atoms with Crippen molar-refractivity contribution in [2.24, 2.45) is 0 Å². The van der Waals surface area contributed by atoms with Crippen LogP contribution in [0.1, 0.15) is 18.3 Å². The lowest BCUT2D eigenvalue weighted by atomic mass is 10.2. The second-order valence-electron chi connectivity index (χ2n) is 6.08. The fourth-order valence-corrected chi connectivity index (χ4v) is 3.50. The average molecular weight is 424 g/mol. The van der Waals surface area contributed by atoms with Gasteiger partial charge in [-0.1, -0.05) is 15.9 Å². The lowest BCUT2D eigenvalue weighted by Crippen LogP contribution is -2.28. The minimum atomic E-state index is -0.326. The number of hydrogen-bond acceptors (Lipinski definition) is 3. The van der Waals surface area contributed by atoms with Crippen molar-refractivity contribution in [3.8, 4) is 0 Å². The minimum Gasteiger partial charge on any atom is -0.395 e. The van der Waals surface area contributed by atoms with Gasteiger partial charge in [-0.25, -0.2) is 13.8 Å². The zero-order valence-corrected chi connectivity index (χ0v) is 16.0. The SMILES string of the molecule is CCn1c(CN(CCO)Cc2cc(Br)ccc2F)nc2cc(F)ccc21. The van der Waals surface area contributed by atoms with Gasteiger partial charge in [0.2, 0.25) is 0 Å². The number of halogens is 3. The molecule has 0 atom stereocenters. The first-order valence-electron chi connectivity index (χ1n) is 8.43. The summed E-state index contributed by atoms with van der Waals surface area (Å²) >= 11 is 3.36. The number of hydrogen-bond donors (Lipinski definition) is 1. The number of rotatable bonds is 7.